The fraction of sp³-hybridized carbons (Fsp3) is 0.235. The third kappa shape index (κ3) is 2.84. The lowest BCUT2D eigenvalue weighted by Crippen LogP contribution is -2.15. The van der Waals surface area contributed by atoms with E-state index in [4.69, 9.17) is 10.5 Å². The number of rotatable bonds is 3. The molecule has 0 saturated carbocycles. The molecule has 0 fully saturated rings. The van der Waals surface area contributed by atoms with E-state index in [0.29, 0.717) is 12.0 Å². The van der Waals surface area contributed by atoms with Crippen LogP contribution >= 0.6 is 0 Å². The lowest BCUT2D eigenvalue weighted by molar-refractivity contribution is 0.540. The Labute approximate surface area is 119 Å². The topological polar surface area (TPSA) is 60.5 Å². The van der Waals surface area contributed by atoms with E-state index in [9.17, 15) is 0 Å². The second-order valence-electron chi connectivity index (χ2n) is 5.37. The van der Waals surface area contributed by atoms with E-state index in [0.717, 1.165) is 16.7 Å². The van der Waals surface area contributed by atoms with Crippen LogP contribution in [0.2, 0.25) is 0 Å². The molecule has 0 aliphatic carbocycles. The van der Waals surface area contributed by atoms with Gasteiger partial charge in [0.2, 0.25) is 0 Å². The number of aromatic nitrogens is 1. The van der Waals surface area contributed by atoms with Crippen molar-refractivity contribution in [1.82, 2.24) is 4.98 Å². The first kappa shape index (κ1) is 13.8. The molecule has 3 nitrogen and oxygen atoms in total. The molecule has 0 radical (unpaired) electrons. The van der Waals surface area contributed by atoms with Gasteiger partial charge in [-0.15, -0.1) is 0 Å². The highest BCUT2D eigenvalue weighted by Gasteiger charge is 2.19. The minimum Gasteiger partial charge on any atom is -0.263 e. The summed E-state index contributed by atoms with van der Waals surface area (Å²) < 4.78 is 0. The molecular weight excluding hydrogens is 246 g/mol. The van der Waals surface area contributed by atoms with Gasteiger partial charge in [0.05, 0.1) is 11.6 Å². The second-order valence-corrected chi connectivity index (χ2v) is 5.37. The lowest BCUT2D eigenvalue weighted by Gasteiger charge is -2.22. The summed E-state index contributed by atoms with van der Waals surface area (Å²) in [7, 11) is 0. The number of hydrogen-bond acceptors (Lipinski definition) is 3. The Bertz CT molecular complexity index is 685. The molecule has 20 heavy (non-hydrogen) atoms. The van der Waals surface area contributed by atoms with Crippen molar-refractivity contribution >= 4 is 0 Å². The number of pyridine rings is 1. The van der Waals surface area contributed by atoms with Gasteiger partial charge in [-0.25, -0.2) is 0 Å². The van der Waals surface area contributed by atoms with Crippen LogP contribution in [-0.4, -0.2) is 4.98 Å². The van der Waals surface area contributed by atoms with Gasteiger partial charge < -0.3 is 0 Å². The van der Waals surface area contributed by atoms with Gasteiger partial charge in [-0.3, -0.25) is 4.98 Å². The van der Waals surface area contributed by atoms with Gasteiger partial charge >= 0.3 is 0 Å². The molecular formula is C17H15N3. The van der Waals surface area contributed by atoms with Crippen molar-refractivity contribution in [2.45, 2.75) is 25.7 Å². The maximum Gasteiger partial charge on any atom is 0.101 e. The Balaban J connectivity index is 2.33. The molecule has 0 amide bonds. The minimum atomic E-state index is -0.153. The van der Waals surface area contributed by atoms with Crippen molar-refractivity contribution in [2.75, 3.05) is 0 Å². The molecule has 3 heteroatoms. The molecule has 0 unspecified atom stereocenters. The van der Waals surface area contributed by atoms with Crippen LogP contribution in [-0.2, 0) is 5.41 Å². The molecule has 0 spiro atoms. The molecule has 1 heterocycles. The second kappa shape index (κ2) is 5.55. The van der Waals surface area contributed by atoms with Crippen molar-refractivity contribution in [3.63, 3.8) is 0 Å². The molecule has 0 atom stereocenters. The van der Waals surface area contributed by atoms with E-state index < -0.39 is 0 Å². The first-order valence-corrected chi connectivity index (χ1v) is 6.40. The number of nitriles is 2. The summed E-state index contributed by atoms with van der Waals surface area (Å²) in [6.07, 6.45) is 3.78. The minimum absolute atomic E-state index is 0.153. The monoisotopic (exact) mass is 261 g/mol. The Hall–Kier alpha value is -2.65. The summed E-state index contributed by atoms with van der Waals surface area (Å²) in [5.41, 5.74) is 3.48. The normalized spacial score (nSPS) is 10.6. The van der Waals surface area contributed by atoms with Crippen LogP contribution in [0.1, 0.15) is 31.4 Å². The van der Waals surface area contributed by atoms with Crippen LogP contribution in [0.25, 0.3) is 11.1 Å². The van der Waals surface area contributed by atoms with Crippen molar-refractivity contribution in [1.29, 1.82) is 10.5 Å². The number of benzene rings is 1. The molecule has 0 N–H and O–H groups in total. The molecule has 0 bridgehead atoms. The predicted octanol–water partition coefficient (Wildman–Crippen LogP) is 3.81. The molecule has 2 aromatic rings. The van der Waals surface area contributed by atoms with Crippen molar-refractivity contribution in [2.24, 2.45) is 0 Å². The van der Waals surface area contributed by atoms with Gasteiger partial charge in [0.15, 0.2) is 0 Å². The van der Waals surface area contributed by atoms with E-state index in [1.54, 1.807) is 12.4 Å². The smallest absolute Gasteiger partial charge is 0.101 e. The molecule has 2 rings (SSSR count). The summed E-state index contributed by atoms with van der Waals surface area (Å²) in [5, 5.41) is 17.8. The highest BCUT2D eigenvalue weighted by atomic mass is 14.6. The number of hydrogen-bond donors (Lipinski definition) is 0. The Morgan fingerprint density at radius 2 is 1.75 bits per heavy atom. The van der Waals surface area contributed by atoms with E-state index in [1.165, 1.54) is 0 Å². The van der Waals surface area contributed by atoms with Crippen LogP contribution in [0.4, 0.5) is 0 Å². The fourth-order valence-corrected chi connectivity index (χ4v) is 2.07. The van der Waals surface area contributed by atoms with Crippen molar-refractivity contribution in [3.8, 4) is 23.3 Å². The van der Waals surface area contributed by atoms with Gasteiger partial charge in [0.1, 0.15) is 6.07 Å². The SMILES string of the molecule is CC(C)(CC#N)c1ccc(-c2cncc(C#N)c2)cc1. The molecule has 1 aromatic heterocycles. The maximum absolute atomic E-state index is 8.90. The van der Waals surface area contributed by atoms with E-state index in [1.807, 2.05) is 30.3 Å². The number of nitrogens with zero attached hydrogens (tertiary/aromatic N) is 3. The average Bonchev–Trinajstić information content (AvgIpc) is 2.47. The summed E-state index contributed by atoms with van der Waals surface area (Å²) in [5.74, 6) is 0. The standard InChI is InChI=1S/C17H15N3/c1-17(2,7-8-18)16-5-3-14(4-6-16)15-9-13(10-19)11-20-12-15/h3-6,9,11-12H,7H2,1-2H3. The average molecular weight is 261 g/mol. The zero-order valence-corrected chi connectivity index (χ0v) is 11.6. The molecule has 0 aliphatic rings. The summed E-state index contributed by atoms with van der Waals surface area (Å²) in [6.45, 7) is 4.12. The molecule has 1 aromatic carbocycles. The van der Waals surface area contributed by atoms with Crippen LogP contribution < -0.4 is 0 Å². The first-order valence-electron chi connectivity index (χ1n) is 6.40. The fourth-order valence-electron chi connectivity index (χ4n) is 2.07. The Morgan fingerprint density at radius 1 is 1.05 bits per heavy atom. The van der Waals surface area contributed by atoms with Gasteiger partial charge in [-0.05, 0) is 17.2 Å². The molecule has 0 aliphatic heterocycles. The lowest BCUT2D eigenvalue weighted by atomic mass is 9.81. The first-order chi connectivity index (χ1) is 9.56. The van der Waals surface area contributed by atoms with E-state index >= 15 is 0 Å². The van der Waals surface area contributed by atoms with Crippen LogP contribution in [0.3, 0.4) is 0 Å². The Morgan fingerprint density at radius 3 is 2.35 bits per heavy atom. The van der Waals surface area contributed by atoms with Gasteiger partial charge in [0.25, 0.3) is 0 Å². The van der Waals surface area contributed by atoms with Gasteiger partial charge in [-0.1, -0.05) is 38.1 Å². The van der Waals surface area contributed by atoms with Crippen molar-refractivity contribution in [3.05, 3.63) is 53.9 Å². The molecule has 0 saturated heterocycles. The van der Waals surface area contributed by atoms with Crippen LogP contribution in [0.15, 0.2) is 42.7 Å². The zero-order chi connectivity index (χ0) is 14.6. The highest BCUT2D eigenvalue weighted by Crippen LogP contribution is 2.29. The zero-order valence-electron chi connectivity index (χ0n) is 11.6. The van der Waals surface area contributed by atoms with Crippen LogP contribution in [0, 0.1) is 22.7 Å². The summed E-state index contributed by atoms with van der Waals surface area (Å²) in [4.78, 5) is 4.07. The van der Waals surface area contributed by atoms with Gasteiger partial charge in [-0.2, -0.15) is 10.5 Å². The van der Waals surface area contributed by atoms with E-state index in [-0.39, 0.29) is 5.41 Å². The quantitative estimate of drug-likeness (QED) is 0.844. The van der Waals surface area contributed by atoms with Crippen LogP contribution in [0.5, 0.6) is 0 Å². The van der Waals surface area contributed by atoms with Gasteiger partial charge in [0, 0.05) is 29.8 Å². The Kier molecular flexibility index (Phi) is 3.82. The maximum atomic E-state index is 8.90. The largest absolute Gasteiger partial charge is 0.263 e. The molecule has 98 valence electrons. The summed E-state index contributed by atoms with van der Waals surface area (Å²) >= 11 is 0. The predicted molar refractivity (Wildman–Crippen MR) is 77.6 cm³/mol. The highest BCUT2D eigenvalue weighted by molar-refractivity contribution is 5.64. The van der Waals surface area contributed by atoms with Crippen molar-refractivity contribution < 1.29 is 0 Å². The summed E-state index contributed by atoms with van der Waals surface area (Å²) in [6, 6.07) is 14.2. The third-order valence-electron chi connectivity index (χ3n) is 3.39. The third-order valence-corrected chi connectivity index (χ3v) is 3.39. The van der Waals surface area contributed by atoms with E-state index in [2.05, 4.69) is 31.0 Å².